The third kappa shape index (κ3) is 3.67. The normalized spacial score (nSPS) is 10.9. The lowest BCUT2D eigenvalue weighted by molar-refractivity contribution is -0.116. The van der Waals surface area contributed by atoms with Crippen molar-refractivity contribution in [2.45, 2.75) is 13.3 Å². The van der Waals surface area contributed by atoms with Gasteiger partial charge in [-0.05, 0) is 30.3 Å². The van der Waals surface area contributed by atoms with Gasteiger partial charge in [0.1, 0.15) is 11.3 Å². The van der Waals surface area contributed by atoms with Crippen molar-refractivity contribution < 1.29 is 18.7 Å². The molecule has 0 aliphatic carbocycles. The zero-order chi connectivity index (χ0) is 19.7. The third-order valence-corrected chi connectivity index (χ3v) is 5.10. The Morgan fingerprint density at radius 2 is 2.04 bits per heavy atom. The van der Waals surface area contributed by atoms with Crippen molar-refractivity contribution in [1.82, 2.24) is 4.98 Å². The van der Waals surface area contributed by atoms with Gasteiger partial charge in [-0.1, -0.05) is 11.3 Å². The quantitative estimate of drug-likeness (QED) is 0.528. The number of anilines is 2. The van der Waals surface area contributed by atoms with Gasteiger partial charge in [0.05, 0.1) is 30.0 Å². The maximum Gasteiger partial charge on any atom is 0.230 e. The van der Waals surface area contributed by atoms with E-state index < -0.39 is 0 Å². The van der Waals surface area contributed by atoms with Gasteiger partial charge in [-0.2, -0.15) is 0 Å². The van der Waals surface area contributed by atoms with E-state index in [0.29, 0.717) is 22.2 Å². The summed E-state index contributed by atoms with van der Waals surface area (Å²) in [5, 5.41) is 6.95. The second-order valence-corrected chi connectivity index (χ2v) is 7.26. The van der Waals surface area contributed by atoms with Gasteiger partial charge in [0.2, 0.25) is 11.8 Å². The molecule has 8 heteroatoms. The molecular formula is C20H17N3O4S. The minimum atomic E-state index is -0.181. The van der Waals surface area contributed by atoms with Gasteiger partial charge >= 0.3 is 0 Å². The van der Waals surface area contributed by atoms with Crippen molar-refractivity contribution in [3.8, 4) is 5.75 Å². The first-order valence-electron chi connectivity index (χ1n) is 8.54. The summed E-state index contributed by atoms with van der Waals surface area (Å²) in [5.41, 5.74) is 2.92. The average Bonchev–Trinajstić information content (AvgIpc) is 3.23. The van der Waals surface area contributed by atoms with Crippen LogP contribution in [-0.4, -0.2) is 23.9 Å². The van der Waals surface area contributed by atoms with Crippen LogP contribution in [0, 0.1) is 0 Å². The minimum Gasteiger partial charge on any atom is -0.497 e. The highest BCUT2D eigenvalue weighted by Crippen LogP contribution is 2.29. The monoisotopic (exact) mass is 395 g/mol. The number of carbonyl (C=O) groups excluding carboxylic acids is 2. The molecule has 0 fully saturated rings. The summed E-state index contributed by atoms with van der Waals surface area (Å²) in [6.45, 7) is 1.46. The van der Waals surface area contributed by atoms with Crippen molar-refractivity contribution in [1.29, 1.82) is 0 Å². The molecule has 2 N–H and O–H groups in total. The van der Waals surface area contributed by atoms with E-state index in [1.807, 2.05) is 24.3 Å². The molecule has 0 spiro atoms. The SMILES string of the molecule is COc1ccc2c(CC(=O)Nc3nc4ccc(NC(C)=O)cc4s3)coc2c1. The lowest BCUT2D eigenvalue weighted by Crippen LogP contribution is -2.13. The standard InChI is InChI=1S/C20H17N3O4S/c1-11(24)21-13-3-6-16-18(8-13)28-20(22-16)23-19(25)7-12-10-27-17-9-14(26-2)4-5-15(12)17/h3-6,8-10H,7H2,1-2H3,(H,21,24)(H,22,23,25). The molecule has 4 aromatic rings. The van der Waals surface area contributed by atoms with Crippen LogP contribution in [0.1, 0.15) is 12.5 Å². The van der Waals surface area contributed by atoms with E-state index >= 15 is 0 Å². The van der Waals surface area contributed by atoms with Gasteiger partial charge in [-0.15, -0.1) is 0 Å². The summed E-state index contributed by atoms with van der Waals surface area (Å²) in [7, 11) is 1.59. The van der Waals surface area contributed by atoms with Gasteiger partial charge in [0.25, 0.3) is 0 Å². The largest absolute Gasteiger partial charge is 0.497 e. The Morgan fingerprint density at radius 3 is 2.82 bits per heavy atom. The molecule has 0 bridgehead atoms. The third-order valence-electron chi connectivity index (χ3n) is 4.17. The van der Waals surface area contributed by atoms with E-state index in [1.165, 1.54) is 18.3 Å². The smallest absolute Gasteiger partial charge is 0.230 e. The number of nitrogens with one attached hydrogen (secondary N) is 2. The molecule has 7 nitrogen and oxygen atoms in total. The topological polar surface area (TPSA) is 93.5 Å². The molecule has 0 saturated carbocycles. The number of hydrogen-bond acceptors (Lipinski definition) is 6. The maximum atomic E-state index is 12.5. The van der Waals surface area contributed by atoms with E-state index in [-0.39, 0.29) is 18.2 Å². The number of hydrogen-bond donors (Lipinski definition) is 2. The number of furan rings is 1. The zero-order valence-electron chi connectivity index (χ0n) is 15.2. The van der Waals surface area contributed by atoms with Crippen LogP contribution in [0.2, 0.25) is 0 Å². The first-order valence-corrected chi connectivity index (χ1v) is 9.35. The number of nitrogens with zero attached hydrogens (tertiary/aromatic N) is 1. The van der Waals surface area contributed by atoms with E-state index in [9.17, 15) is 9.59 Å². The Balaban J connectivity index is 1.50. The van der Waals surface area contributed by atoms with Crippen LogP contribution in [-0.2, 0) is 16.0 Å². The summed E-state index contributed by atoms with van der Waals surface area (Å²) in [5.74, 6) is 0.382. The van der Waals surface area contributed by atoms with Crippen LogP contribution < -0.4 is 15.4 Å². The molecule has 2 aromatic heterocycles. The second-order valence-electron chi connectivity index (χ2n) is 6.23. The van der Waals surface area contributed by atoms with Crippen molar-refractivity contribution in [2.24, 2.45) is 0 Å². The first kappa shape index (κ1) is 18.0. The van der Waals surface area contributed by atoms with E-state index in [1.54, 1.807) is 25.5 Å². The number of thiazole rings is 1. The number of benzene rings is 2. The summed E-state index contributed by atoms with van der Waals surface area (Å²) >= 11 is 1.35. The van der Waals surface area contributed by atoms with Crippen LogP contribution in [0.3, 0.4) is 0 Å². The molecule has 0 unspecified atom stereocenters. The Kier molecular flexibility index (Phi) is 4.70. The summed E-state index contributed by atoms with van der Waals surface area (Å²) in [4.78, 5) is 28.1. The molecule has 0 atom stereocenters. The summed E-state index contributed by atoms with van der Waals surface area (Å²) in [6, 6.07) is 10.9. The molecular weight excluding hydrogens is 378 g/mol. The number of amides is 2. The minimum absolute atomic E-state index is 0.137. The Morgan fingerprint density at radius 1 is 1.18 bits per heavy atom. The van der Waals surface area contributed by atoms with Crippen LogP contribution >= 0.6 is 11.3 Å². The molecule has 0 aliphatic rings. The zero-order valence-corrected chi connectivity index (χ0v) is 16.1. The predicted molar refractivity (Wildman–Crippen MR) is 109 cm³/mol. The Hall–Kier alpha value is -3.39. The highest BCUT2D eigenvalue weighted by atomic mass is 32.1. The predicted octanol–water partition coefficient (Wildman–Crippen LogP) is 4.19. The van der Waals surface area contributed by atoms with Crippen LogP contribution in [0.15, 0.2) is 47.1 Å². The van der Waals surface area contributed by atoms with Gasteiger partial charge < -0.3 is 19.8 Å². The fourth-order valence-electron chi connectivity index (χ4n) is 2.92. The molecule has 2 aromatic carbocycles. The number of aromatic nitrogens is 1. The number of carbonyl (C=O) groups is 2. The Bertz CT molecular complexity index is 1190. The molecule has 2 heterocycles. The van der Waals surface area contributed by atoms with Crippen molar-refractivity contribution >= 4 is 55.2 Å². The maximum absolute atomic E-state index is 12.5. The number of fused-ring (bicyclic) bond motifs is 2. The first-order chi connectivity index (χ1) is 13.5. The summed E-state index contributed by atoms with van der Waals surface area (Å²) in [6.07, 6.45) is 1.76. The van der Waals surface area contributed by atoms with Gasteiger partial charge in [-0.3, -0.25) is 9.59 Å². The highest BCUT2D eigenvalue weighted by molar-refractivity contribution is 7.22. The van der Waals surface area contributed by atoms with Gasteiger partial charge in [0.15, 0.2) is 5.13 Å². The average molecular weight is 395 g/mol. The van der Waals surface area contributed by atoms with Crippen molar-refractivity contribution in [3.05, 3.63) is 48.2 Å². The lowest BCUT2D eigenvalue weighted by Gasteiger charge is -2.01. The lowest BCUT2D eigenvalue weighted by atomic mass is 10.1. The molecule has 0 radical (unpaired) electrons. The molecule has 28 heavy (non-hydrogen) atoms. The summed E-state index contributed by atoms with van der Waals surface area (Å²) < 4.78 is 11.6. The van der Waals surface area contributed by atoms with Gasteiger partial charge in [0, 0.05) is 29.6 Å². The molecule has 0 aliphatic heterocycles. The molecule has 2 amide bonds. The highest BCUT2D eigenvalue weighted by Gasteiger charge is 2.13. The fourth-order valence-corrected chi connectivity index (χ4v) is 3.84. The van der Waals surface area contributed by atoms with Crippen molar-refractivity contribution in [3.63, 3.8) is 0 Å². The van der Waals surface area contributed by atoms with Crippen LogP contribution in [0.25, 0.3) is 21.2 Å². The van der Waals surface area contributed by atoms with Crippen LogP contribution in [0.4, 0.5) is 10.8 Å². The second kappa shape index (κ2) is 7.32. The number of rotatable bonds is 5. The Labute approximate surface area is 164 Å². The van der Waals surface area contributed by atoms with Crippen molar-refractivity contribution in [2.75, 3.05) is 17.7 Å². The van der Waals surface area contributed by atoms with E-state index in [4.69, 9.17) is 9.15 Å². The number of ether oxygens (including phenoxy) is 1. The van der Waals surface area contributed by atoms with E-state index in [2.05, 4.69) is 15.6 Å². The molecule has 142 valence electrons. The number of methoxy groups -OCH3 is 1. The van der Waals surface area contributed by atoms with E-state index in [0.717, 1.165) is 21.2 Å². The van der Waals surface area contributed by atoms with Gasteiger partial charge in [-0.25, -0.2) is 4.98 Å². The molecule has 0 saturated heterocycles. The fraction of sp³-hybridized carbons (Fsp3) is 0.150. The molecule has 4 rings (SSSR count). The van der Waals surface area contributed by atoms with Crippen LogP contribution in [0.5, 0.6) is 5.75 Å².